The maximum absolute atomic E-state index is 14.0. The standard InChI is InChI=1S/C48H46N2O15/c1-23(28-15-18-33(50(59)60)35(19-28)64-29-16-13-27(14-17-29)26-9-6-5-7-10-26)63-47(57)49-32-20-37(62-24(2)42(32)52)65-36-22-48(58,25(3)51)21-31-39(36)46(56)41-40(44(31)54)43(53)30-11-8-12-34(61-4)38(30)45(41)55/h5-19,23-25,32,36-37,42,51-52,54,56,58H,20-22H2,1-4H3,(H,49,57)/t23?,24-,25?,32?,36-,37+,42?,48-/m0/s1. The van der Waals surface area contributed by atoms with Crippen molar-refractivity contribution in [2.75, 3.05) is 7.11 Å². The van der Waals surface area contributed by atoms with Crippen LogP contribution in [0.3, 0.4) is 0 Å². The number of nitrogens with zero attached hydrogens (tertiary/aromatic N) is 1. The molecule has 1 amide bonds. The number of benzene rings is 5. The van der Waals surface area contributed by atoms with Crippen LogP contribution in [0.2, 0.25) is 0 Å². The van der Waals surface area contributed by atoms with Gasteiger partial charge in [-0.3, -0.25) is 19.7 Å². The Balaban J connectivity index is 1.00. The molecule has 8 rings (SSSR count). The van der Waals surface area contributed by atoms with Gasteiger partial charge < -0.3 is 54.5 Å². The van der Waals surface area contributed by atoms with Gasteiger partial charge in [-0.25, -0.2) is 4.79 Å². The Labute approximate surface area is 371 Å². The highest BCUT2D eigenvalue weighted by Crippen LogP contribution is 2.53. The molecule has 6 N–H and O–H groups in total. The Morgan fingerprint density at radius 3 is 2.28 bits per heavy atom. The third-order valence-electron chi connectivity index (χ3n) is 12.3. The Kier molecular flexibility index (Phi) is 12.1. The molecular formula is C48H46N2O15. The molecule has 3 aliphatic rings. The summed E-state index contributed by atoms with van der Waals surface area (Å²) in [6, 6.07) is 24.0. The van der Waals surface area contributed by atoms with E-state index in [-0.39, 0.29) is 52.3 Å². The zero-order valence-electron chi connectivity index (χ0n) is 35.6. The van der Waals surface area contributed by atoms with Crippen LogP contribution in [0.15, 0.2) is 91.0 Å². The minimum absolute atomic E-state index is 0.0620. The number of ketones is 2. The molecule has 1 fully saturated rings. The quantitative estimate of drug-likeness (QED) is 0.0449. The largest absolute Gasteiger partial charge is 0.507 e. The van der Waals surface area contributed by atoms with Crippen LogP contribution < -0.4 is 14.8 Å². The molecule has 5 aromatic rings. The number of nitro groups is 1. The van der Waals surface area contributed by atoms with Crippen LogP contribution in [0.1, 0.15) is 94.4 Å². The van der Waals surface area contributed by atoms with Gasteiger partial charge in [-0.1, -0.05) is 54.6 Å². The maximum Gasteiger partial charge on any atom is 0.408 e. The number of nitrogens with one attached hydrogen (secondary N) is 1. The lowest BCUT2D eigenvalue weighted by molar-refractivity contribution is -0.385. The summed E-state index contributed by atoms with van der Waals surface area (Å²) in [7, 11) is 1.32. The van der Waals surface area contributed by atoms with Crippen LogP contribution in [0.5, 0.6) is 28.7 Å². The maximum atomic E-state index is 14.0. The molecule has 0 spiro atoms. The van der Waals surface area contributed by atoms with E-state index in [4.69, 9.17) is 23.7 Å². The molecule has 0 bridgehead atoms. The van der Waals surface area contributed by atoms with E-state index in [1.807, 2.05) is 42.5 Å². The lowest BCUT2D eigenvalue weighted by Gasteiger charge is -2.44. The van der Waals surface area contributed by atoms with Crippen molar-refractivity contribution in [2.24, 2.45) is 0 Å². The monoisotopic (exact) mass is 890 g/mol. The average Bonchev–Trinajstić information content (AvgIpc) is 3.28. The van der Waals surface area contributed by atoms with E-state index in [0.29, 0.717) is 11.3 Å². The van der Waals surface area contributed by atoms with E-state index < -0.39 is 100 Å². The number of carbonyl (C=O) groups excluding carboxylic acids is 3. The Hall–Kier alpha value is -6.89. The molecule has 17 nitrogen and oxygen atoms in total. The van der Waals surface area contributed by atoms with Crippen molar-refractivity contribution in [2.45, 2.75) is 88.5 Å². The van der Waals surface area contributed by atoms with E-state index in [1.54, 1.807) is 19.1 Å². The van der Waals surface area contributed by atoms with Crippen molar-refractivity contribution in [3.8, 4) is 39.9 Å². The van der Waals surface area contributed by atoms with Crippen molar-refractivity contribution >= 4 is 23.3 Å². The van der Waals surface area contributed by atoms with Gasteiger partial charge in [-0.15, -0.1) is 0 Å². The molecule has 1 saturated heterocycles. The summed E-state index contributed by atoms with van der Waals surface area (Å²) in [5, 5.41) is 71.7. The van der Waals surface area contributed by atoms with Gasteiger partial charge >= 0.3 is 11.8 Å². The van der Waals surface area contributed by atoms with Gasteiger partial charge in [-0.2, -0.15) is 0 Å². The Bertz CT molecular complexity index is 2690. The molecule has 0 saturated carbocycles. The number of phenols is 2. The van der Waals surface area contributed by atoms with Gasteiger partial charge in [0.2, 0.25) is 11.5 Å². The second kappa shape index (κ2) is 17.6. The first-order valence-corrected chi connectivity index (χ1v) is 20.8. The van der Waals surface area contributed by atoms with Gasteiger partial charge in [0, 0.05) is 42.0 Å². The molecular weight excluding hydrogens is 845 g/mol. The normalized spacial score (nSPS) is 23.3. The first-order chi connectivity index (χ1) is 31.0. The van der Waals surface area contributed by atoms with Crippen LogP contribution in [0.4, 0.5) is 10.5 Å². The summed E-state index contributed by atoms with van der Waals surface area (Å²) in [6.45, 7) is 4.39. The summed E-state index contributed by atoms with van der Waals surface area (Å²) in [5.74, 6) is -2.61. The van der Waals surface area contributed by atoms with Gasteiger partial charge in [0.25, 0.3) is 0 Å². The van der Waals surface area contributed by atoms with Crippen molar-refractivity contribution in [3.05, 3.63) is 140 Å². The zero-order valence-corrected chi connectivity index (χ0v) is 35.6. The highest BCUT2D eigenvalue weighted by molar-refractivity contribution is 6.31. The molecule has 17 heteroatoms. The minimum Gasteiger partial charge on any atom is -0.507 e. The van der Waals surface area contributed by atoms with Gasteiger partial charge in [0.15, 0.2) is 12.1 Å². The van der Waals surface area contributed by atoms with Crippen molar-refractivity contribution in [1.82, 2.24) is 5.32 Å². The Morgan fingerprint density at radius 1 is 0.908 bits per heavy atom. The molecule has 1 heterocycles. The van der Waals surface area contributed by atoms with E-state index in [1.165, 1.54) is 57.4 Å². The molecule has 2 aliphatic carbocycles. The predicted molar refractivity (Wildman–Crippen MR) is 230 cm³/mol. The number of hydrogen-bond acceptors (Lipinski definition) is 15. The van der Waals surface area contributed by atoms with Crippen LogP contribution in [-0.2, 0) is 20.6 Å². The summed E-state index contributed by atoms with van der Waals surface area (Å²) in [5.41, 5.74) is -1.43. The minimum atomic E-state index is -1.97. The molecule has 4 unspecified atom stereocenters. The number of aliphatic hydroxyl groups excluding tert-OH is 2. The Morgan fingerprint density at radius 2 is 1.60 bits per heavy atom. The number of rotatable bonds is 11. The molecule has 1 aliphatic heterocycles. The van der Waals surface area contributed by atoms with E-state index in [9.17, 15) is 50.0 Å². The number of alkyl carbamates (subject to hydrolysis) is 1. The van der Waals surface area contributed by atoms with Gasteiger partial charge in [0.1, 0.15) is 35.2 Å². The highest BCUT2D eigenvalue weighted by atomic mass is 16.7. The number of nitro benzene ring substituents is 1. The van der Waals surface area contributed by atoms with Gasteiger partial charge in [-0.05, 0) is 67.8 Å². The first kappa shape index (κ1) is 44.7. The van der Waals surface area contributed by atoms with Crippen molar-refractivity contribution < 1.29 is 68.5 Å². The van der Waals surface area contributed by atoms with Crippen LogP contribution in [-0.4, -0.2) is 91.5 Å². The van der Waals surface area contributed by atoms with Crippen molar-refractivity contribution in [3.63, 3.8) is 0 Å². The second-order valence-electron chi connectivity index (χ2n) is 16.4. The van der Waals surface area contributed by atoms with Crippen LogP contribution in [0, 0.1) is 10.1 Å². The number of aromatic hydroxyl groups is 2. The van der Waals surface area contributed by atoms with Crippen LogP contribution >= 0.6 is 0 Å². The molecule has 5 aromatic carbocycles. The highest BCUT2D eigenvalue weighted by Gasteiger charge is 2.49. The number of ether oxygens (including phenoxy) is 5. The number of hydrogen-bond donors (Lipinski definition) is 6. The lowest BCUT2D eigenvalue weighted by atomic mass is 9.71. The molecule has 0 radical (unpaired) electrons. The number of amides is 1. The summed E-state index contributed by atoms with van der Waals surface area (Å²) in [4.78, 5) is 52.6. The third-order valence-corrected chi connectivity index (χ3v) is 12.3. The predicted octanol–water partition coefficient (Wildman–Crippen LogP) is 6.72. The van der Waals surface area contributed by atoms with E-state index >= 15 is 0 Å². The second-order valence-corrected chi connectivity index (χ2v) is 16.4. The number of methoxy groups -OCH3 is 1. The molecule has 65 heavy (non-hydrogen) atoms. The fourth-order valence-corrected chi connectivity index (χ4v) is 8.75. The van der Waals surface area contributed by atoms with E-state index in [2.05, 4.69) is 5.32 Å². The van der Waals surface area contributed by atoms with Crippen molar-refractivity contribution in [1.29, 1.82) is 0 Å². The van der Waals surface area contributed by atoms with Gasteiger partial charge in [0.05, 0.1) is 58.7 Å². The topological polar surface area (TPSA) is 254 Å². The SMILES string of the molecule is COc1cccc2c1C(=O)c1c(O)c3c(c(O)c1C2=O)C[C@@](O)(C(C)O)C[C@@H]3O[C@@H]1CC(NC(=O)OC(C)c2ccc([N+](=O)[O-])c(Oc3ccc(-c4ccccc4)cc3)c2)C(O)[C@H](C)O1. The summed E-state index contributed by atoms with van der Waals surface area (Å²) < 4.78 is 29.3. The smallest absolute Gasteiger partial charge is 0.408 e. The summed E-state index contributed by atoms with van der Waals surface area (Å²) in [6.07, 6.45) is -9.28. The fourth-order valence-electron chi connectivity index (χ4n) is 8.75. The first-order valence-electron chi connectivity index (χ1n) is 20.8. The molecule has 0 aromatic heterocycles. The molecule has 338 valence electrons. The van der Waals surface area contributed by atoms with Crippen LogP contribution in [0.25, 0.3) is 11.1 Å². The lowest BCUT2D eigenvalue weighted by Crippen LogP contribution is -2.56. The number of fused-ring (bicyclic) bond motifs is 3. The molecule has 8 atom stereocenters. The number of carbonyl (C=O) groups is 3. The van der Waals surface area contributed by atoms with E-state index in [0.717, 1.165) is 11.1 Å². The fraction of sp³-hybridized carbons (Fsp3) is 0.312. The zero-order chi connectivity index (χ0) is 46.5. The number of phenolic OH excluding ortho intramolecular Hbond substituents is 2. The average molecular weight is 891 g/mol. The number of aliphatic hydroxyl groups is 3. The third kappa shape index (κ3) is 8.35. The summed E-state index contributed by atoms with van der Waals surface area (Å²) >= 11 is 0.